The highest BCUT2D eigenvalue weighted by Gasteiger charge is 2.21. The number of nitrogens with zero attached hydrogens (tertiary/aromatic N) is 2. The molecule has 2 aromatic carbocycles. The van der Waals surface area contributed by atoms with Crippen LogP contribution in [0.25, 0.3) is 10.9 Å². The van der Waals surface area contributed by atoms with Gasteiger partial charge >= 0.3 is 0 Å². The van der Waals surface area contributed by atoms with Crippen LogP contribution in [0.3, 0.4) is 0 Å². The molecule has 0 fully saturated rings. The van der Waals surface area contributed by atoms with E-state index in [1.807, 2.05) is 0 Å². The molecule has 0 saturated heterocycles. The monoisotopic (exact) mass is 404 g/mol. The molecule has 5 nitrogen and oxygen atoms in total. The van der Waals surface area contributed by atoms with Gasteiger partial charge in [0.05, 0.1) is 29.3 Å². The summed E-state index contributed by atoms with van der Waals surface area (Å²) in [5, 5.41) is 0.179. The van der Waals surface area contributed by atoms with Crippen LogP contribution in [0, 0.1) is 11.6 Å². The van der Waals surface area contributed by atoms with E-state index in [1.165, 1.54) is 17.7 Å². The maximum absolute atomic E-state index is 13.5. The van der Waals surface area contributed by atoms with Crippen LogP contribution in [0.2, 0.25) is 0 Å². The number of para-hydroxylation sites is 1. The van der Waals surface area contributed by atoms with Crippen LogP contribution in [-0.2, 0) is 11.3 Å². The zero-order chi connectivity index (χ0) is 20.3. The van der Waals surface area contributed by atoms with Crippen LogP contribution in [0.1, 0.15) is 17.3 Å². The van der Waals surface area contributed by atoms with Crippen molar-refractivity contribution in [2.75, 3.05) is 13.7 Å². The highest BCUT2D eigenvalue weighted by molar-refractivity contribution is 8.00. The van der Waals surface area contributed by atoms with Crippen molar-refractivity contribution in [1.82, 2.24) is 9.55 Å². The van der Waals surface area contributed by atoms with Gasteiger partial charge in [-0.15, -0.1) is 0 Å². The molecule has 0 bridgehead atoms. The highest BCUT2D eigenvalue weighted by Crippen LogP contribution is 2.25. The first-order valence-corrected chi connectivity index (χ1v) is 9.44. The summed E-state index contributed by atoms with van der Waals surface area (Å²) >= 11 is 1.09. The molecule has 8 heteroatoms. The lowest BCUT2D eigenvalue weighted by atomic mass is 10.1. The number of Topliss-reactive ketones (excluding diaryl/α,β-unsaturated/α-hetero) is 1. The first-order valence-electron chi connectivity index (χ1n) is 8.57. The molecule has 1 aromatic heterocycles. The van der Waals surface area contributed by atoms with Crippen molar-refractivity contribution < 1.29 is 18.3 Å². The molecule has 0 amide bonds. The van der Waals surface area contributed by atoms with E-state index in [0.717, 1.165) is 23.9 Å². The van der Waals surface area contributed by atoms with Gasteiger partial charge in [-0.25, -0.2) is 13.8 Å². The van der Waals surface area contributed by atoms with Crippen molar-refractivity contribution in [3.05, 3.63) is 70.0 Å². The van der Waals surface area contributed by atoms with E-state index in [1.54, 1.807) is 31.2 Å². The van der Waals surface area contributed by atoms with Gasteiger partial charge in [0.25, 0.3) is 5.56 Å². The smallest absolute Gasteiger partial charge is 0.262 e. The zero-order valence-corrected chi connectivity index (χ0v) is 16.1. The third kappa shape index (κ3) is 4.13. The molecule has 0 aliphatic carbocycles. The maximum Gasteiger partial charge on any atom is 0.262 e. The Kier molecular flexibility index (Phi) is 6.21. The molecule has 3 rings (SSSR count). The fourth-order valence-corrected chi connectivity index (χ4v) is 3.72. The minimum Gasteiger partial charge on any atom is -0.383 e. The Morgan fingerprint density at radius 3 is 2.68 bits per heavy atom. The molecular formula is C20H18F2N2O3S. The molecule has 1 heterocycles. The lowest BCUT2D eigenvalue weighted by molar-refractivity contribution is 0.0993. The Hall–Kier alpha value is -2.58. The summed E-state index contributed by atoms with van der Waals surface area (Å²) < 4.78 is 33.1. The quantitative estimate of drug-likeness (QED) is 0.342. The Labute approximate surface area is 164 Å². The molecule has 1 atom stereocenters. The normalized spacial score (nSPS) is 12.3. The van der Waals surface area contributed by atoms with Gasteiger partial charge in [-0.1, -0.05) is 23.9 Å². The summed E-state index contributed by atoms with van der Waals surface area (Å²) in [6, 6.07) is 9.99. The number of carbonyl (C=O) groups is 1. The van der Waals surface area contributed by atoms with Gasteiger partial charge in [0.15, 0.2) is 22.6 Å². The van der Waals surface area contributed by atoms with Crippen LogP contribution in [-0.4, -0.2) is 34.3 Å². The predicted octanol–water partition coefficient (Wildman–Crippen LogP) is 3.68. The number of benzene rings is 2. The Balaban J connectivity index is 1.96. The first kappa shape index (κ1) is 20.2. The van der Waals surface area contributed by atoms with Crippen LogP contribution in [0.4, 0.5) is 8.78 Å². The molecule has 0 aliphatic rings. The summed E-state index contributed by atoms with van der Waals surface area (Å²) in [7, 11) is 1.53. The number of hydrogen-bond acceptors (Lipinski definition) is 5. The highest BCUT2D eigenvalue weighted by atomic mass is 32.2. The average molecular weight is 404 g/mol. The van der Waals surface area contributed by atoms with E-state index in [9.17, 15) is 18.4 Å². The lowest BCUT2D eigenvalue weighted by Gasteiger charge is -2.16. The maximum atomic E-state index is 13.5. The lowest BCUT2D eigenvalue weighted by Crippen LogP contribution is -2.26. The topological polar surface area (TPSA) is 61.2 Å². The summed E-state index contributed by atoms with van der Waals surface area (Å²) in [6.07, 6.45) is 0. The third-order valence-electron chi connectivity index (χ3n) is 4.20. The van der Waals surface area contributed by atoms with Crippen molar-refractivity contribution in [3.63, 3.8) is 0 Å². The molecule has 3 aromatic rings. The fourth-order valence-electron chi connectivity index (χ4n) is 2.71. The molecule has 0 spiro atoms. The van der Waals surface area contributed by atoms with Crippen LogP contribution >= 0.6 is 11.8 Å². The molecule has 0 aliphatic heterocycles. The van der Waals surface area contributed by atoms with Crippen molar-refractivity contribution >= 4 is 28.4 Å². The number of thioether (sulfide) groups is 1. The van der Waals surface area contributed by atoms with Crippen molar-refractivity contribution in [2.45, 2.75) is 23.9 Å². The molecule has 1 unspecified atom stereocenters. The SMILES string of the molecule is COCCn1c(SC(C)C(=O)c2ccc(F)c(F)c2)nc2ccccc2c1=O. The summed E-state index contributed by atoms with van der Waals surface area (Å²) in [5.74, 6) is -2.48. The number of aromatic nitrogens is 2. The first-order chi connectivity index (χ1) is 13.4. The largest absolute Gasteiger partial charge is 0.383 e. The van der Waals surface area contributed by atoms with E-state index in [2.05, 4.69) is 4.98 Å². The number of carbonyl (C=O) groups excluding carboxylic acids is 1. The zero-order valence-electron chi connectivity index (χ0n) is 15.3. The van der Waals surface area contributed by atoms with Gasteiger partial charge in [-0.05, 0) is 37.3 Å². The van der Waals surface area contributed by atoms with Gasteiger partial charge < -0.3 is 4.74 Å². The van der Waals surface area contributed by atoms with Crippen LogP contribution in [0.5, 0.6) is 0 Å². The number of fused-ring (bicyclic) bond motifs is 1. The Bertz CT molecular complexity index is 1080. The van der Waals surface area contributed by atoms with E-state index in [-0.39, 0.29) is 23.5 Å². The fraction of sp³-hybridized carbons (Fsp3) is 0.250. The standard InChI is InChI=1S/C20H18F2N2O3S/c1-12(18(25)13-7-8-15(21)16(22)11-13)28-20-23-17-6-4-3-5-14(17)19(26)24(20)9-10-27-2/h3-8,11-12H,9-10H2,1-2H3. The second-order valence-electron chi connectivity index (χ2n) is 6.11. The molecule has 146 valence electrons. The second kappa shape index (κ2) is 8.62. The summed E-state index contributed by atoms with van der Waals surface area (Å²) in [5.41, 5.74) is 0.360. The molecule has 0 N–H and O–H groups in total. The number of ether oxygens (including phenoxy) is 1. The number of rotatable bonds is 7. The van der Waals surface area contributed by atoms with Gasteiger partial charge in [0.2, 0.25) is 0 Å². The number of halogens is 2. The third-order valence-corrected chi connectivity index (χ3v) is 5.29. The van der Waals surface area contributed by atoms with E-state index in [4.69, 9.17) is 4.74 Å². The number of hydrogen-bond donors (Lipinski definition) is 0. The van der Waals surface area contributed by atoms with Crippen molar-refractivity contribution in [1.29, 1.82) is 0 Å². The molecule has 28 heavy (non-hydrogen) atoms. The minimum atomic E-state index is -1.08. The van der Waals surface area contributed by atoms with E-state index >= 15 is 0 Å². The van der Waals surface area contributed by atoms with Crippen molar-refractivity contribution in [3.8, 4) is 0 Å². The van der Waals surface area contributed by atoms with Crippen molar-refractivity contribution in [2.24, 2.45) is 0 Å². The Morgan fingerprint density at radius 2 is 1.96 bits per heavy atom. The average Bonchev–Trinajstić information content (AvgIpc) is 2.69. The van der Waals surface area contributed by atoms with E-state index in [0.29, 0.717) is 22.7 Å². The number of methoxy groups -OCH3 is 1. The molecule has 0 saturated carbocycles. The summed E-state index contributed by atoms with van der Waals surface area (Å²) in [6.45, 7) is 2.22. The van der Waals surface area contributed by atoms with Gasteiger partial charge in [-0.2, -0.15) is 0 Å². The minimum absolute atomic E-state index is 0.0606. The Morgan fingerprint density at radius 1 is 1.21 bits per heavy atom. The van der Waals surface area contributed by atoms with Crippen LogP contribution < -0.4 is 5.56 Å². The van der Waals surface area contributed by atoms with Gasteiger partial charge in [-0.3, -0.25) is 14.2 Å². The van der Waals surface area contributed by atoms with E-state index < -0.39 is 16.9 Å². The van der Waals surface area contributed by atoms with Gasteiger partial charge in [0, 0.05) is 12.7 Å². The number of ketones is 1. The van der Waals surface area contributed by atoms with Gasteiger partial charge in [0.1, 0.15) is 0 Å². The molecular weight excluding hydrogens is 386 g/mol. The predicted molar refractivity (Wildman–Crippen MR) is 104 cm³/mol. The van der Waals surface area contributed by atoms with Crippen LogP contribution in [0.15, 0.2) is 52.4 Å². The summed E-state index contributed by atoms with van der Waals surface area (Å²) in [4.78, 5) is 30.0. The molecule has 0 radical (unpaired) electrons. The second-order valence-corrected chi connectivity index (χ2v) is 7.42.